The van der Waals surface area contributed by atoms with Crippen LogP contribution in [0, 0.1) is 0 Å². The molecule has 0 aromatic carbocycles. The number of aliphatic hydroxyl groups excluding tert-OH is 7. The van der Waals surface area contributed by atoms with Crippen LogP contribution in [0.4, 0.5) is 0 Å². The lowest BCUT2D eigenvalue weighted by atomic mass is 9.91. The maximum absolute atomic E-state index is 11.6. The molecule has 12 heteroatoms. The van der Waals surface area contributed by atoms with E-state index in [1.54, 1.807) is 13.8 Å². The predicted octanol–water partition coefficient (Wildman–Crippen LogP) is -3.45. The van der Waals surface area contributed by atoms with E-state index in [1.165, 1.54) is 6.08 Å². The van der Waals surface area contributed by atoms with Gasteiger partial charge in [-0.15, -0.1) is 0 Å². The molecule has 2 fully saturated rings. The molecule has 31 heavy (non-hydrogen) atoms. The van der Waals surface area contributed by atoms with Gasteiger partial charge >= 0.3 is 5.97 Å². The molecule has 0 radical (unpaired) electrons. The Labute approximate surface area is 179 Å². The van der Waals surface area contributed by atoms with Gasteiger partial charge in [0.15, 0.2) is 6.29 Å². The summed E-state index contributed by atoms with van der Waals surface area (Å²) in [5.74, 6) is -0.562. The first-order chi connectivity index (χ1) is 14.6. The monoisotopic (exact) mass is 452 g/mol. The van der Waals surface area contributed by atoms with Crippen molar-refractivity contribution in [3.8, 4) is 0 Å². The Morgan fingerprint density at radius 3 is 2.06 bits per heavy atom. The summed E-state index contributed by atoms with van der Waals surface area (Å²) in [6.07, 6.45) is -13.1. The van der Waals surface area contributed by atoms with Gasteiger partial charge in [0.05, 0.1) is 25.9 Å². The first-order valence-corrected chi connectivity index (χ1v) is 10.1. The second-order valence-corrected chi connectivity index (χ2v) is 7.62. The van der Waals surface area contributed by atoms with Crippen molar-refractivity contribution in [3.05, 3.63) is 11.6 Å². The lowest BCUT2D eigenvalue weighted by Gasteiger charge is -2.46. The second kappa shape index (κ2) is 11.6. The summed E-state index contributed by atoms with van der Waals surface area (Å²) in [5, 5.41) is 69.9. The normalized spacial score (nSPS) is 41.8. The predicted molar refractivity (Wildman–Crippen MR) is 101 cm³/mol. The molecule has 2 aliphatic rings. The van der Waals surface area contributed by atoms with Crippen molar-refractivity contribution >= 4 is 5.97 Å². The van der Waals surface area contributed by atoms with E-state index < -0.39 is 80.4 Å². The smallest absolute Gasteiger partial charge is 0.330 e. The average Bonchev–Trinajstić information content (AvgIpc) is 2.73. The zero-order valence-electron chi connectivity index (χ0n) is 17.4. The maximum atomic E-state index is 11.6. The van der Waals surface area contributed by atoms with Crippen molar-refractivity contribution in [2.24, 2.45) is 0 Å². The molecule has 180 valence electrons. The first-order valence-electron chi connectivity index (χ1n) is 10.1. The molecule has 0 amide bonds. The topological polar surface area (TPSA) is 196 Å². The molecule has 7 N–H and O–H groups in total. The van der Waals surface area contributed by atoms with E-state index in [0.717, 1.165) is 0 Å². The van der Waals surface area contributed by atoms with Gasteiger partial charge in [0, 0.05) is 6.08 Å². The minimum Gasteiger partial charge on any atom is -0.463 e. The van der Waals surface area contributed by atoms with Crippen LogP contribution in [0.2, 0.25) is 0 Å². The van der Waals surface area contributed by atoms with Crippen LogP contribution in [-0.2, 0) is 23.7 Å². The number of ether oxygens (including phenoxy) is 4. The van der Waals surface area contributed by atoms with Gasteiger partial charge in [0.1, 0.15) is 48.8 Å². The summed E-state index contributed by atoms with van der Waals surface area (Å²) in [6, 6.07) is 0. The molecule has 0 saturated carbocycles. The summed E-state index contributed by atoms with van der Waals surface area (Å²) < 4.78 is 21.2. The summed E-state index contributed by atoms with van der Waals surface area (Å²) in [6.45, 7) is 2.18. The van der Waals surface area contributed by atoms with Crippen LogP contribution in [0.15, 0.2) is 11.6 Å². The number of hydrogen-bond acceptors (Lipinski definition) is 12. The van der Waals surface area contributed by atoms with Crippen LogP contribution in [0.25, 0.3) is 0 Å². The van der Waals surface area contributed by atoms with Gasteiger partial charge in [-0.3, -0.25) is 0 Å². The number of esters is 1. The fourth-order valence-corrected chi connectivity index (χ4v) is 3.60. The SMILES string of the molecule is CCOC(=O)/C=C(\C)C[C@@H]1O[C@H](CO)[C@@H](O[C@@H]2O[C@H](CO)[C@H](O)[C@H](O)[C@H]2O)[C@H](O)[C@H]1O. The van der Waals surface area contributed by atoms with Gasteiger partial charge in [-0.2, -0.15) is 0 Å². The summed E-state index contributed by atoms with van der Waals surface area (Å²) in [7, 11) is 0. The van der Waals surface area contributed by atoms with Crippen LogP contribution in [0.3, 0.4) is 0 Å². The highest BCUT2D eigenvalue weighted by Crippen LogP contribution is 2.30. The molecule has 0 bridgehead atoms. The average molecular weight is 452 g/mol. The fraction of sp³-hybridized carbons (Fsp3) is 0.842. The van der Waals surface area contributed by atoms with E-state index in [2.05, 4.69) is 0 Å². The number of carbonyl (C=O) groups excluding carboxylic acids is 1. The number of hydrogen-bond donors (Lipinski definition) is 7. The standard InChI is InChI=1S/C19H32O12/c1-3-28-12(22)5-8(2)4-9-13(23)16(26)18(11(7-21)29-9)31-19-17(27)15(25)14(24)10(6-20)30-19/h5,9-11,13-21,23-27H,3-4,6-7H2,1-2H3/b8-5+/t9-,10+,11+,13-,14-,15-,16+,17+,18+,19-/m0/s1. The molecule has 2 aliphatic heterocycles. The lowest BCUT2D eigenvalue weighted by molar-refractivity contribution is -0.341. The molecule has 0 unspecified atom stereocenters. The minimum atomic E-state index is -1.73. The Morgan fingerprint density at radius 1 is 0.871 bits per heavy atom. The van der Waals surface area contributed by atoms with Crippen molar-refractivity contribution < 1.29 is 59.5 Å². The van der Waals surface area contributed by atoms with Gasteiger partial charge in [0.2, 0.25) is 0 Å². The van der Waals surface area contributed by atoms with Crippen LogP contribution < -0.4 is 0 Å². The van der Waals surface area contributed by atoms with Crippen molar-refractivity contribution in [2.75, 3.05) is 19.8 Å². The molecule has 2 heterocycles. The summed E-state index contributed by atoms with van der Waals surface area (Å²) >= 11 is 0. The largest absolute Gasteiger partial charge is 0.463 e. The molecular weight excluding hydrogens is 420 g/mol. The Hall–Kier alpha value is -1.19. The summed E-state index contributed by atoms with van der Waals surface area (Å²) in [4.78, 5) is 11.6. The van der Waals surface area contributed by atoms with Crippen LogP contribution in [0.5, 0.6) is 0 Å². The highest BCUT2D eigenvalue weighted by atomic mass is 16.7. The van der Waals surface area contributed by atoms with Gasteiger partial charge in [0.25, 0.3) is 0 Å². The third kappa shape index (κ3) is 6.20. The zero-order chi connectivity index (χ0) is 23.3. The molecule has 12 nitrogen and oxygen atoms in total. The van der Waals surface area contributed by atoms with Crippen LogP contribution in [0.1, 0.15) is 20.3 Å². The minimum absolute atomic E-state index is 0.0559. The van der Waals surface area contributed by atoms with Crippen molar-refractivity contribution in [2.45, 2.75) is 81.5 Å². The Bertz CT molecular complexity index is 609. The molecule has 2 rings (SSSR count). The molecular formula is C19H32O12. The van der Waals surface area contributed by atoms with E-state index in [1.807, 2.05) is 0 Å². The molecule has 10 atom stereocenters. The molecule has 0 aromatic heterocycles. The second-order valence-electron chi connectivity index (χ2n) is 7.62. The first kappa shape index (κ1) is 26.1. The van der Waals surface area contributed by atoms with Crippen molar-refractivity contribution in [1.29, 1.82) is 0 Å². The van der Waals surface area contributed by atoms with E-state index in [9.17, 15) is 40.5 Å². The van der Waals surface area contributed by atoms with Gasteiger partial charge in [-0.05, 0) is 20.3 Å². The maximum Gasteiger partial charge on any atom is 0.330 e. The van der Waals surface area contributed by atoms with E-state index in [0.29, 0.717) is 5.57 Å². The van der Waals surface area contributed by atoms with Crippen LogP contribution >= 0.6 is 0 Å². The number of aliphatic hydroxyl groups is 7. The third-order valence-electron chi connectivity index (χ3n) is 5.28. The lowest BCUT2D eigenvalue weighted by Crippen LogP contribution is -2.64. The van der Waals surface area contributed by atoms with E-state index >= 15 is 0 Å². The van der Waals surface area contributed by atoms with Gasteiger partial charge in [-0.1, -0.05) is 5.57 Å². The Kier molecular flexibility index (Phi) is 9.76. The fourth-order valence-electron chi connectivity index (χ4n) is 3.60. The Morgan fingerprint density at radius 2 is 1.48 bits per heavy atom. The quantitative estimate of drug-likeness (QED) is 0.142. The van der Waals surface area contributed by atoms with E-state index in [4.69, 9.17) is 18.9 Å². The number of carbonyl (C=O) groups is 1. The molecule has 0 aromatic rings. The van der Waals surface area contributed by atoms with Crippen LogP contribution in [-0.4, -0.2) is 123 Å². The zero-order valence-corrected chi connectivity index (χ0v) is 17.4. The van der Waals surface area contributed by atoms with Crippen molar-refractivity contribution in [3.63, 3.8) is 0 Å². The molecule has 0 aliphatic carbocycles. The van der Waals surface area contributed by atoms with Gasteiger partial charge < -0.3 is 54.7 Å². The third-order valence-corrected chi connectivity index (χ3v) is 5.28. The van der Waals surface area contributed by atoms with Gasteiger partial charge in [-0.25, -0.2) is 4.79 Å². The number of rotatable bonds is 8. The van der Waals surface area contributed by atoms with Crippen molar-refractivity contribution in [1.82, 2.24) is 0 Å². The highest BCUT2D eigenvalue weighted by Gasteiger charge is 2.50. The molecule has 0 spiro atoms. The Balaban J connectivity index is 2.09. The summed E-state index contributed by atoms with van der Waals surface area (Å²) in [5.41, 5.74) is 0.514. The van der Waals surface area contributed by atoms with E-state index in [-0.39, 0.29) is 13.0 Å². The highest BCUT2D eigenvalue weighted by molar-refractivity contribution is 5.82. The molecule has 2 saturated heterocycles.